The van der Waals surface area contributed by atoms with Gasteiger partial charge in [0.25, 0.3) is 11.4 Å². The van der Waals surface area contributed by atoms with Gasteiger partial charge >= 0.3 is 0 Å². The van der Waals surface area contributed by atoms with Crippen molar-refractivity contribution in [3.63, 3.8) is 0 Å². The standard InChI is InChI=1S/C26H16N4O4/c31-29(32)19-11-13-23-21(15-19)25(17-7-3-1-4-8-17)27-24-14-12-20(30(33)34)16-22(24)26(28-23)18-9-5-2-6-10-18/h1-16H. The third-order valence-corrected chi connectivity index (χ3v) is 5.45. The van der Waals surface area contributed by atoms with E-state index in [-0.39, 0.29) is 11.4 Å². The number of nitro groups is 2. The van der Waals surface area contributed by atoms with Gasteiger partial charge in [0.15, 0.2) is 0 Å². The first-order valence-corrected chi connectivity index (χ1v) is 10.4. The van der Waals surface area contributed by atoms with E-state index < -0.39 is 9.85 Å². The fourth-order valence-electron chi connectivity index (χ4n) is 3.84. The monoisotopic (exact) mass is 448 g/mol. The molecule has 0 atom stereocenters. The van der Waals surface area contributed by atoms with Crippen molar-refractivity contribution < 1.29 is 9.85 Å². The van der Waals surface area contributed by atoms with Crippen molar-refractivity contribution >= 4 is 34.2 Å². The Kier molecular flexibility index (Phi) is 5.23. The van der Waals surface area contributed by atoms with Gasteiger partial charge < -0.3 is 0 Å². The van der Waals surface area contributed by atoms with Crippen LogP contribution < -0.4 is 0 Å². The third kappa shape index (κ3) is 3.84. The van der Waals surface area contributed by atoms with Crippen LogP contribution >= 0.6 is 0 Å². The lowest BCUT2D eigenvalue weighted by Crippen LogP contribution is -2.11. The van der Waals surface area contributed by atoms with Gasteiger partial charge in [-0.3, -0.25) is 20.2 Å². The second-order valence-electron chi connectivity index (χ2n) is 7.57. The molecule has 0 radical (unpaired) electrons. The first-order chi connectivity index (χ1) is 16.5. The van der Waals surface area contributed by atoms with Gasteiger partial charge in [-0.1, -0.05) is 60.7 Å². The molecule has 4 aromatic rings. The van der Waals surface area contributed by atoms with E-state index in [0.717, 1.165) is 11.1 Å². The highest BCUT2D eigenvalue weighted by Crippen LogP contribution is 2.36. The summed E-state index contributed by atoms with van der Waals surface area (Å²) in [5.41, 5.74) is 4.25. The number of non-ortho nitro benzene ring substituents is 2. The van der Waals surface area contributed by atoms with E-state index in [2.05, 4.69) is 0 Å². The smallest absolute Gasteiger partial charge is 0.258 e. The predicted molar refractivity (Wildman–Crippen MR) is 130 cm³/mol. The molecule has 1 aliphatic rings. The molecule has 0 saturated carbocycles. The highest BCUT2D eigenvalue weighted by atomic mass is 16.6. The van der Waals surface area contributed by atoms with Crippen LogP contribution in [0.3, 0.4) is 0 Å². The number of hydrogen-bond donors (Lipinski definition) is 0. The summed E-state index contributed by atoms with van der Waals surface area (Å²) in [6, 6.07) is 27.4. The van der Waals surface area contributed by atoms with Crippen LogP contribution in [0.2, 0.25) is 0 Å². The molecule has 164 valence electrons. The lowest BCUT2D eigenvalue weighted by atomic mass is 9.95. The second kappa shape index (κ2) is 8.51. The van der Waals surface area contributed by atoms with E-state index in [1.165, 1.54) is 24.3 Å². The Morgan fingerprint density at radius 3 is 1.26 bits per heavy atom. The molecule has 0 fully saturated rings. The predicted octanol–water partition coefficient (Wildman–Crippen LogP) is 6.15. The molecule has 0 unspecified atom stereocenters. The number of rotatable bonds is 4. The van der Waals surface area contributed by atoms with Crippen LogP contribution in [0.4, 0.5) is 22.7 Å². The SMILES string of the molecule is O=[N+]([O-])c1ccc2c(c1)C(c1ccccc1)=Nc1ccc([N+](=O)[O-])cc1C(c1ccccc1)=N2. The molecular weight excluding hydrogens is 432 g/mol. The van der Waals surface area contributed by atoms with Crippen LogP contribution in [0.5, 0.6) is 0 Å². The molecule has 4 aromatic carbocycles. The van der Waals surface area contributed by atoms with Crippen molar-refractivity contribution in [2.24, 2.45) is 9.98 Å². The topological polar surface area (TPSA) is 111 Å². The van der Waals surface area contributed by atoms with Gasteiger partial charge in [-0.05, 0) is 12.1 Å². The van der Waals surface area contributed by atoms with Crippen molar-refractivity contribution in [1.29, 1.82) is 0 Å². The van der Waals surface area contributed by atoms with Gasteiger partial charge in [-0.25, -0.2) is 9.98 Å². The summed E-state index contributed by atoms with van der Waals surface area (Å²) in [7, 11) is 0. The van der Waals surface area contributed by atoms with Gasteiger partial charge in [0.05, 0.1) is 32.6 Å². The van der Waals surface area contributed by atoms with Gasteiger partial charge in [-0.2, -0.15) is 0 Å². The average Bonchev–Trinajstić information content (AvgIpc) is 2.86. The van der Waals surface area contributed by atoms with Crippen LogP contribution in [0.1, 0.15) is 22.3 Å². The number of benzene rings is 4. The summed E-state index contributed by atoms with van der Waals surface area (Å²) in [6.45, 7) is 0. The van der Waals surface area contributed by atoms with E-state index in [0.29, 0.717) is 33.9 Å². The van der Waals surface area contributed by atoms with Crippen LogP contribution in [0.25, 0.3) is 0 Å². The number of aliphatic imine (C=N–C) groups is 2. The molecule has 0 N–H and O–H groups in total. The van der Waals surface area contributed by atoms with E-state index in [4.69, 9.17) is 9.98 Å². The maximum absolute atomic E-state index is 11.5. The zero-order valence-corrected chi connectivity index (χ0v) is 17.7. The summed E-state index contributed by atoms with van der Waals surface area (Å²) < 4.78 is 0. The average molecular weight is 448 g/mol. The number of hydrogen-bond acceptors (Lipinski definition) is 6. The number of nitrogens with zero attached hydrogens (tertiary/aromatic N) is 4. The Morgan fingerprint density at radius 1 is 0.529 bits per heavy atom. The molecule has 0 amide bonds. The molecule has 0 aromatic heterocycles. The van der Waals surface area contributed by atoms with Gasteiger partial charge in [0.1, 0.15) is 0 Å². The molecular formula is C26H16N4O4. The quantitative estimate of drug-likeness (QED) is 0.242. The minimum Gasteiger partial charge on any atom is -0.258 e. The Bertz CT molecular complexity index is 1380. The summed E-state index contributed by atoms with van der Waals surface area (Å²) in [5, 5.41) is 23.1. The van der Waals surface area contributed by atoms with Crippen molar-refractivity contribution in [3.05, 3.63) is 140 Å². The lowest BCUT2D eigenvalue weighted by molar-refractivity contribution is -0.385. The lowest BCUT2D eigenvalue weighted by Gasteiger charge is -2.18. The van der Waals surface area contributed by atoms with Gasteiger partial charge in [0.2, 0.25) is 0 Å². The molecule has 0 aliphatic carbocycles. The normalized spacial score (nSPS) is 12.4. The Labute approximate surface area is 193 Å². The van der Waals surface area contributed by atoms with Gasteiger partial charge in [-0.15, -0.1) is 0 Å². The first-order valence-electron chi connectivity index (χ1n) is 10.4. The van der Waals surface area contributed by atoms with Crippen molar-refractivity contribution in [2.45, 2.75) is 0 Å². The zero-order chi connectivity index (χ0) is 23.7. The highest BCUT2D eigenvalue weighted by molar-refractivity contribution is 6.22. The van der Waals surface area contributed by atoms with E-state index >= 15 is 0 Å². The highest BCUT2D eigenvalue weighted by Gasteiger charge is 2.24. The van der Waals surface area contributed by atoms with E-state index in [1.54, 1.807) is 12.1 Å². The fraction of sp³-hybridized carbons (Fsp3) is 0. The molecule has 5 rings (SSSR count). The minimum absolute atomic E-state index is 0.0802. The summed E-state index contributed by atoms with van der Waals surface area (Å²) in [6.07, 6.45) is 0. The molecule has 1 aliphatic heterocycles. The largest absolute Gasteiger partial charge is 0.270 e. The molecule has 0 bridgehead atoms. The van der Waals surface area contributed by atoms with Crippen molar-refractivity contribution in [3.8, 4) is 0 Å². The third-order valence-electron chi connectivity index (χ3n) is 5.45. The second-order valence-corrected chi connectivity index (χ2v) is 7.57. The van der Waals surface area contributed by atoms with Crippen molar-refractivity contribution in [1.82, 2.24) is 0 Å². The zero-order valence-electron chi connectivity index (χ0n) is 17.7. The Hall–Kier alpha value is -4.98. The molecule has 8 heteroatoms. The minimum atomic E-state index is -0.458. The molecule has 0 saturated heterocycles. The molecule has 1 heterocycles. The Balaban J connectivity index is 1.87. The molecule has 34 heavy (non-hydrogen) atoms. The fourth-order valence-corrected chi connectivity index (χ4v) is 3.84. The van der Waals surface area contributed by atoms with Crippen molar-refractivity contribution in [2.75, 3.05) is 0 Å². The van der Waals surface area contributed by atoms with E-state index in [1.807, 2.05) is 60.7 Å². The Morgan fingerprint density at radius 2 is 0.912 bits per heavy atom. The number of nitro benzene ring substituents is 2. The maximum Gasteiger partial charge on any atom is 0.270 e. The molecule has 8 nitrogen and oxygen atoms in total. The first kappa shape index (κ1) is 20.9. The number of fused-ring (bicyclic) bond motifs is 2. The van der Waals surface area contributed by atoms with Gasteiger partial charge in [0, 0.05) is 46.5 Å². The summed E-state index contributed by atoms with van der Waals surface area (Å²) >= 11 is 0. The van der Waals surface area contributed by atoms with E-state index in [9.17, 15) is 20.2 Å². The van der Waals surface area contributed by atoms with Crippen LogP contribution in [0, 0.1) is 20.2 Å². The summed E-state index contributed by atoms with van der Waals surface area (Å²) in [4.78, 5) is 31.9. The maximum atomic E-state index is 11.5. The van der Waals surface area contributed by atoms with Crippen LogP contribution in [-0.4, -0.2) is 21.3 Å². The molecule has 0 spiro atoms. The summed E-state index contributed by atoms with van der Waals surface area (Å²) in [5.74, 6) is 0. The van der Waals surface area contributed by atoms with Crippen LogP contribution in [0.15, 0.2) is 107 Å². The van der Waals surface area contributed by atoms with Crippen LogP contribution in [-0.2, 0) is 0 Å².